The van der Waals surface area contributed by atoms with Crippen LogP contribution in [0.15, 0.2) is 168 Å². The van der Waals surface area contributed by atoms with Gasteiger partial charge in [-0.25, -0.2) is 15.0 Å². The highest BCUT2D eigenvalue weighted by Gasteiger charge is 2.18. The van der Waals surface area contributed by atoms with Crippen molar-refractivity contribution >= 4 is 54.3 Å². The zero-order valence-corrected chi connectivity index (χ0v) is 26.3. The van der Waals surface area contributed by atoms with Gasteiger partial charge in [-0.3, -0.25) is 0 Å². The van der Waals surface area contributed by atoms with Crippen LogP contribution in [-0.2, 0) is 0 Å². The second-order valence-electron chi connectivity index (χ2n) is 12.4. The van der Waals surface area contributed by atoms with Crippen LogP contribution in [0, 0.1) is 0 Å². The van der Waals surface area contributed by atoms with Crippen LogP contribution in [0.25, 0.3) is 99.5 Å². The van der Waals surface area contributed by atoms with E-state index in [-0.39, 0.29) is 0 Å². The Bertz CT molecular complexity index is 2890. The van der Waals surface area contributed by atoms with Crippen LogP contribution in [0.4, 0.5) is 0 Å². The smallest absolute Gasteiger partial charge is 0.164 e. The average molecular weight is 626 g/mol. The third-order valence-corrected chi connectivity index (χ3v) is 9.49. The molecule has 0 saturated heterocycles. The van der Waals surface area contributed by atoms with Gasteiger partial charge in [0.1, 0.15) is 11.2 Å². The molecule has 0 N–H and O–H groups in total. The summed E-state index contributed by atoms with van der Waals surface area (Å²) in [5, 5.41) is 9.20. The molecule has 0 fully saturated rings. The lowest BCUT2D eigenvalue weighted by molar-refractivity contribution is 0.669. The van der Waals surface area contributed by atoms with Crippen molar-refractivity contribution in [1.82, 2.24) is 15.0 Å². The number of benzene rings is 8. The number of nitrogens with zero attached hydrogens (tertiary/aromatic N) is 3. The van der Waals surface area contributed by atoms with Crippen LogP contribution in [0.3, 0.4) is 0 Å². The zero-order valence-electron chi connectivity index (χ0n) is 26.3. The van der Waals surface area contributed by atoms with E-state index in [4.69, 9.17) is 19.4 Å². The minimum atomic E-state index is 0.629. The maximum absolute atomic E-state index is 6.27. The van der Waals surface area contributed by atoms with Crippen LogP contribution in [0.5, 0.6) is 0 Å². The summed E-state index contributed by atoms with van der Waals surface area (Å²) in [5.74, 6) is 1.90. The summed E-state index contributed by atoms with van der Waals surface area (Å²) in [6.07, 6.45) is 0. The first-order valence-corrected chi connectivity index (χ1v) is 16.4. The molecule has 2 aromatic heterocycles. The molecular formula is C45H27N3O. The van der Waals surface area contributed by atoms with E-state index in [0.717, 1.165) is 65.9 Å². The van der Waals surface area contributed by atoms with Crippen LogP contribution < -0.4 is 0 Å². The monoisotopic (exact) mass is 625 g/mol. The molecule has 10 rings (SSSR count). The van der Waals surface area contributed by atoms with Gasteiger partial charge in [0.25, 0.3) is 0 Å². The summed E-state index contributed by atoms with van der Waals surface area (Å²) < 4.78 is 6.27. The number of hydrogen-bond donors (Lipinski definition) is 0. The Morgan fingerprint density at radius 2 is 0.939 bits per heavy atom. The van der Waals surface area contributed by atoms with Crippen LogP contribution in [0.2, 0.25) is 0 Å². The molecule has 8 aromatic carbocycles. The summed E-state index contributed by atoms with van der Waals surface area (Å²) in [4.78, 5) is 15.4. The minimum absolute atomic E-state index is 0.629. The summed E-state index contributed by atoms with van der Waals surface area (Å²) >= 11 is 0. The first-order valence-electron chi connectivity index (χ1n) is 16.4. The van der Waals surface area contributed by atoms with E-state index in [1.807, 2.05) is 36.4 Å². The van der Waals surface area contributed by atoms with E-state index in [9.17, 15) is 0 Å². The molecule has 0 aliphatic heterocycles. The maximum Gasteiger partial charge on any atom is 0.164 e. The van der Waals surface area contributed by atoms with E-state index >= 15 is 0 Å². The standard InChI is InChI=1S/C45H27N3O/c1-2-12-29(13-3-1)43-46-44(32-23-24-36-31(25-32)22-21-28-11-4-6-15-34(28)36)48-45(47-43)39-27-33(26-30-14-5-7-16-35(30)39)37-18-10-20-41-42(37)38-17-8-9-19-40(38)49-41/h1-27H. The molecule has 0 amide bonds. The van der Waals surface area contributed by atoms with E-state index in [0.29, 0.717) is 17.5 Å². The number of para-hydroxylation sites is 1. The lowest BCUT2D eigenvalue weighted by Gasteiger charge is -2.13. The maximum atomic E-state index is 6.27. The van der Waals surface area contributed by atoms with E-state index in [1.54, 1.807) is 0 Å². The van der Waals surface area contributed by atoms with Gasteiger partial charge in [0.15, 0.2) is 17.5 Å². The summed E-state index contributed by atoms with van der Waals surface area (Å²) in [7, 11) is 0. The van der Waals surface area contributed by atoms with E-state index in [2.05, 4.69) is 127 Å². The topological polar surface area (TPSA) is 51.8 Å². The van der Waals surface area contributed by atoms with Gasteiger partial charge in [0.2, 0.25) is 0 Å². The molecule has 0 aliphatic rings. The van der Waals surface area contributed by atoms with E-state index in [1.165, 1.54) is 16.2 Å². The summed E-state index contributed by atoms with van der Waals surface area (Å²) in [5.41, 5.74) is 6.76. The van der Waals surface area contributed by atoms with Crippen molar-refractivity contribution < 1.29 is 4.42 Å². The normalized spacial score (nSPS) is 11.7. The fourth-order valence-electron chi connectivity index (χ4n) is 7.16. The molecular weight excluding hydrogens is 599 g/mol. The second kappa shape index (κ2) is 11.0. The Hall–Kier alpha value is -6.65. The highest BCUT2D eigenvalue weighted by atomic mass is 16.3. The molecule has 2 heterocycles. The van der Waals surface area contributed by atoms with Crippen molar-refractivity contribution in [2.24, 2.45) is 0 Å². The second-order valence-corrected chi connectivity index (χ2v) is 12.4. The molecule has 49 heavy (non-hydrogen) atoms. The van der Waals surface area contributed by atoms with Gasteiger partial charge < -0.3 is 4.42 Å². The molecule has 0 atom stereocenters. The number of rotatable bonds is 4. The quantitative estimate of drug-likeness (QED) is 0.183. The number of hydrogen-bond acceptors (Lipinski definition) is 4. The third kappa shape index (κ3) is 4.57. The number of furan rings is 1. The van der Waals surface area contributed by atoms with Crippen molar-refractivity contribution in [2.75, 3.05) is 0 Å². The molecule has 0 unspecified atom stereocenters. The molecule has 0 spiro atoms. The van der Waals surface area contributed by atoms with Crippen LogP contribution in [0.1, 0.15) is 0 Å². The Morgan fingerprint density at radius 1 is 0.327 bits per heavy atom. The SMILES string of the molecule is c1ccc(-c2nc(-c3ccc4c(ccc5ccccc54)c3)nc(-c3cc(-c4cccc5oc6ccccc6c45)cc4ccccc34)n2)cc1. The van der Waals surface area contributed by atoms with Gasteiger partial charge in [-0.1, -0.05) is 133 Å². The Kier molecular flexibility index (Phi) is 6.15. The lowest BCUT2D eigenvalue weighted by atomic mass is 9.93. The van der Waals surface area contributed by atoms with Gasteiger partial charge in [0, 0.05) is 27.5 Å². The average Bonchev–Trinajstić information content (AvgIpc) is 3.56. The Balaban J connectivity index is 1.22. The molecule has 0 saturated carbocycles. The molecule has 4 nitrogen and oxygen atoms in total. The van der Waals surface area contributed by atoms with Crippen molar-refractivity contribution in [1.29, 1.82) is 0 Å². The predicted octanol–water partition coefficient (Wildman–Crippen LogP) is 11.9. The van der Waals surface area contributed by atoms with Gasteiger partial charge in [0.05, 0.1) is 0 Å². The molecule has 0 aliphatic carbocycles. The van der Waals surface area contributed by atoms with Crippen LogP contribution in [-0.4, -0.2) is 15.0 Å². The van der Waals surface area contributed by atoms with E-state index < -0.39 is 0 Å². The largest absolute Gasteiger partial charge is 0.456 e. The summed E-state index contributed by atoms with van der Waals surface area (Å²) in [6, 6.07) is 56.9. The fraction of sp³-hybridized carbons (Fsp3) is 0. The minimum Gasteiger partial charge on any atom is -0.456 e. The van der Waals surface area contributed by atoms with Crippen molar-refractivity contribution in [3.63, 3.8) is 0 Å². The first kappa shape index (κ1) is 27.5. The fourth-order valence-corrected chi connectivity index (χ4v) is 7.16. The van der Waals surface area contributed by atoms with Crippen molar-refractivity contribution in [3.05, 3.63) is 164 Å². The zero-order chi connectivity index (χ0) is 32.3. The van der Waals surface area contributed by atoms with Crippen molar-refractivity contribution in [2.45, 2.75) is 0 Å². The molecule has 0 radical (unpaired) electrons. The first-order chi connectivity index (χ1) is 24.3. The number of aromatic nitrogens is 3. The Labute approximate surface area is 282 Å². The number of fused-ring (bicyclic) bond motifs is 7. The highest BCUT2D eigenvalue weighted by molar-refractivity contribution is 6.14. The van der Waals surface area contributed by atoms with Crippen LogP contribution >= 0.6 is 0 Å². The van der Waals surface area contributed by atoms with Gasteiger partial charge >= 0.3 is 0 Å². The summed E-state index contributed by atoms with van der Waals surface area (Å²) in [6.45, 7) is 0. The molecule has 4 heteroatoms. The Morgan fingerprint density at radius 3 is 1.82 bits per heavy atom. The van der Waals surface area contributed by atoms with Gasteiger partial charge in [-0.2, -0.15) is 0 Å². The van der Waals surface area contributed by atoms with Gasteiger partial charge in [-0.05, 0) is 73.8 Å². The predicted molar refractivity (Wildman–Crippen MR) is 201 cm³/mol. The van der Waals surface area contributed by atoms with Gasteiger partial charge in [-0.15, -0.1) is 0 Å². The molecule has 0 bridgehead atoms. The highest BCUT2D eigenvalue weighted by Crippen LogP contribution is 2.40. The molecule has 10 aromatic rings. The molecule has 228 valence electrons. The third-order valence-electron chi connectivity index (χ3n) is 9.49. The lowest BCUT2D eigenvalue weighted by Crippen LogP contribution is -2.01. The van der Waals surface area contributed by atoms with Crippen molar-refractivity contribution in [3.8, 4) is 45.3 Å².